The number of hydrogen-bond acceptors (Lipinski definition) is 0. The van der Waals surface area contributed by atoms with Gasteiger partial charge in [-0.05, 0) is 0 Å². The summed E-state index contributed by atoms with van der Waals surface area (Å²) in [7, 11) is 0. The summed E-state index contributed by atoms with van der Waals surface area (Å²) < 4.78 is 0. The fourth-order valence-electron chi connectivity index (χ4n) is 4.19. The van der Waals surface area contributed by atoms with E-state index in [1.807, 2.05) is 0 Å². The molecule has 2 aliphatic heterocycles. The van der Waals surface area contributed by atoms with Crippen molar-refractivity contribution in [2.75, 3.05) is 6.66 Å². The molecule has 0 unspecified atom stereocenters. The quantitative estimate of drug-likeness (QED) is 0.603. The molecule has 0 amide bonds. The molecule has 92 valence electrons. The van der Waals surface area contributed by atoms with Gasteiger partial charge in [-0.3, -0.25) is 0 Å². The van der Waals surface area contributed by atoms with Gasteiger partial charge < -0.3 is 0 Å². The minimum absolute atomic E-state index is 1.37. The zero-order valence-corrected chi connectivity index (χ0v) is 11.8. The van der Waals surface area contributed by atoms with E-state index in [0.717, 1.165) is 0 Å². The third-order valence-corrected chi connectivity index (χ3v) is 10.2. The van der Waals surface area contributed by atoms with E-state index >= 15 is 0 Å². The van der Waals surface area contributed by atoms with Crippen molar-refractivity contribution in [1.29, 1.82) is 0 Å². The van der Waals surface area contributed by atoms with Crippen molar-refractivity contribution in [2.45, 2.75) is 24.6 Å². The average molecular weight is 254 g/mol. The summed E-state index contributed by atoms with van der Waals surface area (Å²) in [5, 5.41) is 0. The Labute approximate surface area is 109 Å². The SMILES string of the molecule is CP12(Cc3ccccc3C1)Cc1ccccc1C2. The van der Waals surface area contributed by atoms with Crippen LogP contribution >= 0.6 is 6.60 Å². The van der Waals surface area contributed by atoms with Crippen LogP contribution in [0, 0.1) is 0 Å². The molecule has 2 aromatic rings. The molecule has 2 heterocycles. The number of fused-ring (bicyclic) bond motifs is 2. The summed E-state index contributed by atoms with van der Waals surface area (Å²) in [6.45, 7) is 1.08. The third-order valence-electron chi connectivity index (χ3n) is 4.89. The van der Waals surface area contributed by atoms with E-state index in [-0.39, 0.29) is 0 Å². The molecule has 2 aromatic carbocycles. The molecule has 0 nitrogen and oxygen atoms in total. The number of hydrogen-bond donors (Lipinski definition) is 0. The topological polar surface area (TPSA) is 0 Å². The predicted molar refractivity (Wildman–Crippen MR) is 80.5 cm³/mol. The molecule has 0 fully saturated rings. The van der Waals surface area contributed by atoms with Crippen LogP contribution in [0.1, 0.15) is 22.3 Å². The molecule has 1 heteroatoms. The third kappa shape index (κ3) is 1.42. The first-order valence-electron chi connectivity index (χ1n) is 6.78. The molecule has 0 atom stereocenters. The van der Waals surface area contributed by atoms with Gasteiger partial charge in [0.25, 0.3) is 0 Å². The summed E-state index contributed by atoms with van der Waals surface area (Å²) >= 11 is 0. The molecule has 0 saturated carbocycles. The molecule has 0 saturated heterocycles. The average Bonchev–Trinajstić information content (AvgIpc) is 2.81. The van der Waals surface area contributed by atoms with E-state index in [0.29, 0.717) is 0 Å². The molecule has 2 aliphatic rings. The standard InChI is InChI=1S/C17H19P/c1-18(10-14-6-2-3-7-15(14)11-18)12-16-8-4-5-9-17(16)13-18/h2-9H,10-13H2,1H3. The molecule has 18 heavy (non-hydrogen) atoms. The van der Waals surface area contributed by atoms with Crippen molar-refractivity contribution in [2.24, 2.45) is 0 Å². The van der Waals surface area contributed by atoms with Crippen LogP contribution in [0.25, 0.3) is 0 Å². The Kier molecular flexibility index (Phi) is 1.94. The molecule has 1 spiro atoms. The first-order chi connectivity index (χ1) is 8.64. The van der Waals surface area contributed by atoms with Gasteiger partial charge in [0, 0.05) is 0 Å². The van der Waals surface area contributed by atoms with Crippen molar-refractivity contribution < 1.29 is 0 Å². The van der Waals surface area contributed by atoms with Gasteiger partial charge in [-0.2, -0.15) is 0 Å². The van der Waals surface area contributed by atoms with Gasteiger partial charge in [0.15, 0.2) is 0 Å². The van der Waals surface area contributed by atoms with Crippen molar-refractivity contribution in [3.63, 3.8) is 0 Å². The molecular weight excluding hydrogens is 235 g/mol. The predicted octanol–water partition coefficient (Wildman–Crippen LogP) is 4.60. The van der Waals surface area contributed by atoms with Gasteiger partial charge in [0.05, 0.1) is 0 Å². The summed E-state index contributed by atoms with van der Waals surface area (Å²) in [6.07, 6.45) is 5.49. The Balaban J connectivity index is 1.80. The van der Waals surface area contributed by atoms with Gasteiger partial charge in [-0.25, -0.2) is 0 Å². The zero-order chi connectivity index (χ0) is 12.2. The fraction of sp³-hybridized carbons (Fsp3) is 0.294. The molecule has 0 radical (unpaired) electrons. The van der Waals surface area contributed by atoms with Crippen LogP contribution in [0.15, 0.2) is 48.5 Å². The molecule has 0 N–H and O–H groups in total. The summed E-state index contributed by atoms with van der Waals surface area (Å²) in [4.78, 5) is 0. The number of rotatable bonds is 0. The second kappa shape index (κ2) is 3.25. The van der Waals surface area contributed by atoms with Gasteiger partial charge >= 0.3 is 109 Å². The first-order valence-corrected chi connectivity index (χ1v) is 10.2. The van der Waals surface area contributed by atoms with Gasteiger partial charge in [-0.15, -0.1) is 0 Å². The van der Waals surface area contributed by atoms with Crippen LogP contribution < -0.4 is 0 Å². The Morgan fingerprint density at radius 3 is 1.17 bits per heavy atom. The summed E-state index contributed by atoms with van der Waals surface area (Å²) in [5.74, 6) is 0. The Bertz CT molecular complexity index is 529. The summed E-state index contributed by atoms with van der Waals surface area (Å²) in [6, 6.07) is 18.2. The molecule has 0 bridgehead atoms. The maximum atomic E-state index is 2.64. The summed E-state index contributed by atoms with van der Waals surface area (Å²) in [5.41, 5.74) is 6.52. The first kappa shape index (κ1) is 10.8. The van der Waals surface area contributed by atoms with Crippen molar-refractivity contribution >= 4 is 6.60 Å². The van der Waals surface area contributed by atoms with Crippen molar-refractivity contribution in [3.8, 4) is 0 Å². The van der Waals surface area contributed by atoms with Crippen LogP contribution in [-0.2, 0) is 24.6 Å². The van der Waals surface area contributed by atoms with Gasteiger partial charge in [0.2, 0.25) is 0 Å². The van der Waals surface area contributed by atoms with Crippen LogP contribution in [0.2, 0.25) is 0 Å². The monoisotopic (exact) mass is 254 g/mol. The van der Waals surface area contributed by atoms with Crippen molar-refractivity contribution in [3.05, 3.63) is 70.8 Å². The number of benzene rings is 2. The van der Waals surface area contributed by atoms with E-state index in [4.69, 9.17) is 0 Å². The maximum absolute atomic E-state index is 2.64. The van der Waals surface area contributed by atoms with Crippen LogP contribution in [0.4, 0.5) is 0 Å². The minimum atomic E-state index is -1.56. The second-order valence-corrected chi connectivity index (χ2v) is 13.3. The van der Waals surface area contributed by atoms with E-state index in [1.54, 1.807) is 22.3 Å². The molecular formula is C17H19P. The second-order valence-electron chi connectivity index (χ2n) is 6.78. The van der Waals surface area contributed by atoms with Crippen LogP contribution in [0.3, 0.4) is 0 Å². The zero-order valence-electron chi connectivity index (χ0n) is 10.9. The van der Waals surface area contributed by atoms with Crippen LogP contribution in [-0.4, -0.2) is 6.66 Å². The molecule has 0 aliphatic carbocycles. The molecule has 4 rings (SSSR count). The van der Waals surface area contributed by atoms with E-state index < -0.39 is 6.60 Å². The Morgan fingerprint density at radius 2 is 0.889 bits per heavy atom. The van der Waals surface area contributed by atoms with E-state index in [1.165, 1.54) is 24.6 Å². The Morgan fingerprint density at radius 1 is 0.611 bits per heavy atom. The Hall–Kier alpha value is -1.13. The van der Waals surface area contributed by atoms with E-state index in [2.05, 4.69) is 55.2 Å². The van der Waals surface area contributed by atoms with Gasteiger partial charge in [-0.1, -0.05) is 0 Å². The van der Waals surface area contributed by atoms with Gasteiger partial charge in [0.1, 0.15) is 0 Å². The van der Waals surface area contributed by atoms with Crippen molar-refractivity contribution in [1.82, 2.24) is 0 Å². The molecule has 0 aromatic heterocycles. The van der Waals surface area contributed by atoms with Crippen LogP contribution in [0.5, 0.6) is 0 Å². The normalized spacial score (nSPS) is 24.2. The van der Waals surface area contributed by atoms with E-state index in [9.17, 15) is 0 Å². The fourth-order valence-corrected chi connectivity index (χ4v) is 10.4.